The molecule has 5 rings (SSSR count). The Hall–Kier alpha value is -2.89. The number of nitrogens with zero attached hydrogens (tertiary/aromatic N) is 4. The first kappa shape index (κ1) is 15.4. The van der Waals surface area contributed by atoms with E-state index in [1.165, 1.54) is 12.8 Å². The van der Waals surface area contributed by atoms with Crippen molar-refractivity contribution in [2.24, 2.45) is 0 Å². The van der Waals surface area contributed by atoms with E-state index in [1.807, 2.05) is 27.0 Å². The highest BCUT2D eigenvalue weighted by atomic mass is 16.5. The summed E-state index contributed by atoms with van der Waals surface area (Å²) in [4.78, 5) is 13.0. The molecule has 6 heteroatoms. The highest BCUT2D eigenvalue weighted by Crippen LogP contribution is 2.41. The van der Waals surface area contributed by atoms with E-state index in [0.29, 0.717) is 5.92 Å². The van der Waals surface area contributed by atoms with Gasteiger partial charge < -0.3 is 9.51 Å². The first-order valence-electron chi connectivity index (χ1n) is 9.01. The molecule has 26 heavy (non-hydrogen) atoms. The SMILES string of the molecule is Cc1noc(C)c1-c1cc(-n2c(C)cnc2C)c2nc(C3CC3)[nH]c2c1. The van der Waals surface area contributed by atoms with Gasteiger partial charge in [0.2, 0.25) is 0 Å². The van der Waals surface area contributed by atoms with Crippen molar-refractivity contribution in [1.82, 2.24) is 24.7 Å². The number of hydrogen-bond donors (Lipinski definition) is 1. The molecule has 0 spiro atoms. The molecule has 1 saturated carbocycles. The standard InChI is InChI=1S/C20H21N5O/c1-10-9-21-13(4)25(10)17-8-15(18-11(2)24-26-12(18)3)7-16-19(17)23-20(22-16)14-5-6-14/h7-9,14H,5-6H2,1-4H3,(H,22,23). The summed E-state index contributed by atoms with van der Waals surface area (Å²) in [5.41, 5.74) is 7.21. The molecule has 1 aromatic carbocycles. The Morgan fingerprint density at radius 3 is 2.58 bits per heavy atom. The predicted molar refractivity (Wildman–Crippen MR) is 99.6 cm³/mol. The lowest BCUT2D eigenvalue weighted by Gasteiger charge is -2.11. The van der Waals surface area contributed by atoms with Crippen LogP contribution in [0.15, 0.2) is 22.9 Å². The minimum absolute atomic E-state index is 0.572. The molecule has 0 unspecified atom stereocenters. The Bertz CT molecular complexity index is 1100. The van der Waals surface area contributed by atoms with Gasteiger partial charge in [-0.1, -0.05) is 5.16 Å². The van der Waals surface area contributed by atoms with Crippen molar-refractivity contribution >= 4 is 11.0 Å². The summed E-state index contributed by atoms with van der Waals surface area (Å²) >= 11 is 0. The van der Waals surface area contributed by atoms with Crippen molar-refractivity contribution in [3.8, 4) is 16.8 Å². The summed E-state index contributed by atoms with van der Waals surface area (Å²) in [6, 6.07) is 4.33. The van der Waals surface area contributed by atoms with E-state index in [4.69, 9.17) is 9.51 Å². The molecule has 0 atom stereocenters. The molecule has 6 nitrogen and oxygen atoms in total. The Labute approximate surface area is 151 Å². The lowest BCUT2D eigenvalue weighted by molar-refractivity contribution is 0.393. The minimum atomic E-state index is 0.572. The van der Waals surface area contributed by atoms with Crippen molar-refractivity contribution in [3.05, 3.63) is 47.1 Å². The topological polar surface area (TPSA) is 72.5 Å². The van der Waals surface area contributed by atoms with Gasteiger partial charge in [-0.2, -0.15) is 0 Å². The second kappa shape index (κ2) is 5.30. The molecule has 0 bridgehead atoms. The van der Waals surface area contributed by atoms with Gasteiger partial charge in [0, 0.05) is 23.4 Å². The third-order valence-electron chi connectivity index (χ3n) is 5.23. The van der Waals surface area contributed by atoms with Gasteiger partial charge >= 0.3 is 0 Å². The number of rotatable bonds is 3. The Morgan fingerprint density at radius 1 is 1.15 bits per heavy atom. The van der Waals surface area contributed by atoms with Gasteiger partial charge in [-0.25, -0.2) is 9.97 Å². The van der Waals surface area contributed by atoms with Gasteiger partial charge in [0.15, 0.2) is 0 Å². The van der Waals surface area contributed by atoms with Crippen LogP contribution in [0.25, 0.3) is 27.8 Å². The fraction of sp³-hybridized carbons (Fsp3) is 0.350. The van der Waals surface area contributed by atoms with Crippen molar-refractivity contribution < 1.29 is 4.52 Å². The minimum Gasteiger partial charge on any atom is -0.361 e. The zero-order valence-electron chi connectivity index (χ0n) is 15.4. The van der Waals surface area contributed by atoms with Crippen LogP contribution in [0.5, 0.6) is 0 Å². The molecule has 1 aliphatic rings. The quantitative estimate of drug-likeness (QED) is 0.591. The fourth-order valence-corrected chi connectivity index (χ4v) is 3.80. The van der Waals surface area contributed by atoms with Crippen LogP contribution < -0.4 is 0 Å². The van der Waals surface area contributed by atoms with E-state index >= 15 is 0 Å². The highest BCUT2D eigenvalue weighted by Gasteiger charge is 2.28. The summed E-state index contributed by atoms with van der Waals surface area (Å²) in [6.45, 7) is 8.03. The lowest BCUT2D eigenvalue weighted by Crippen LogP contribution is -2.01. The number of hydrogen-bond acceptors (Lipinski definition) is 4. The molecule has 0 amide bonds. The Morgan fingerprint density at radius 2 is 1.96 bits per heavy atom. The van der Waals surface area contributed by atoms with E-state index in [9.17, 15) is 0 Å². The largest absolute Gasteiger partial charge is 0.361 e. The second-order valence-electron chi connectivity index (χ2n) is 7.27. The molecule has 3 aromatic heterocycles. The molecule has 1 fully saturated rings. The number of aromatic amines is 1. The number of nitrogens with one attached hydrogen (secondary N) is 1. The van der Waals surface area contributed by atoms with Crippen LogP contribution in [0.4, 0.5) is 0 Å². The number of aryl methyl sites for hydroxylation is 4. The maximum atomic E-state index is 5.40. The van der Waals surface area contributed by atoms with Crippen LogP contribution in [0.2, 0.25) is 0 Å². The normalized spacial score (nSPS) is 14.5. The molecule has 0 radical (unpaired) electrons. The molecular weight excluding hydrogens is 326 g/mol. The number of fused-ring (bicyclic) bond motifs is 1. The van der Waals surface area contributed by atoms with E-state index < -0.39 is 0 Å². The van der Waals surface area contributed by atoms with E-state index in [2.05, 4.69) is 38.7 Å². The van der Waals surface area contributed by atoms with Crippen molar-refractivity contribution in [1.29, 1.82) is 0 Å². The van der Waals surface area contributed by atoms with Crippen LogP contribution in [0.1, 0.15) is 47.6 Å². The number of benzene rings is 1. The number of imidazole rings is 2. The monoisotopic (exact) mass is 347 g/mol. The van der Waals surface area contributed by atoms with Crippen molar-refractivity contribution in [3.63, 3.8) is 0 Å². The summed E-state index contributed by atoms with van der Waals surface area (Å²) < 4.78 is 7.57. The third kappa shape index (κ3) is 2.21. The molecule has 4 aromatic rings. The molecule has 0 saturated heterocycles. The van der Waals surface area contributed by atoms with Crippen LogP contribution in [0, 0.1) is 27.7 Å². The predicted octanol–water partition coefficient (Wildman–Crippen LogP) is 4.51. The van der Waals surface area contributed by atoms with E-state index in [-0.39, 0.29) is 0 Å². The number of H-pyrrole nitrogens is 1. The summed E-state index contributed by atoms with van der Waals surface area (Å²) in [7, 11) is 0. The van der Waals surface area contributed by atoms with Gasteiger partial charge in [-0.3, -0.25) is 4.57 Å². The van der Waals surface area contributed by atoms with Gasteiger partial charge in [0.05, 0.1) is 16.9 Å². The Kier molecular flexibility index (Phi) is 3.13. The van der Waals surface area contributed by atoms with Crippen LogP contribution in [-0.2, 0) is 0 Å². The third-order valence-corrected chi connectivity index (χ3v) is 5.23. The maximum absolute atomic E-state index is 5.40. The second-order valence-corrected chi connectivity index (χ2v) is 7.27. The zero-order valence-corrected chi connectivity index (χ0v) is 15.4. The summed E-state index contributed by atoms with van der Waals surface area (Å²) in [5, 5.41) is 4.12. The first-order valence-corrected chi connectivity index (χ1v) is 9.01. The van der Waals surface area contributed by atoms with Gasteiger partial charge in [0.25, 0.3) is 0 Å². The van der Waals surface area contributed by atoms with Gasteiger partial charge in [-0.05, 0) is 58.2 Å². The maximum Gasteiger partial charge on any atom is 0.141 e. The molecule has 1 N–H and O–H groups in total. The molecular formula is C20H21N5O. The molecule has 3 heterocycles. The van der Waals surface area contributed by atoms with E-state index in [1.54, 1.807) is 0 Å². The van der Waals surface area contributed by atoms with Crippen LogP contribution in [0.3, 0.4) is 0 Å². The highest BCUT2D eigenvalue weighted by molar-refractivity contribution is 5.90. The Balaban J connectivity index is 1.83. The van der Waals surface area contributed by atoms with Gasteiger partial charge in [-0.15, -0.1) is 0 Å². The van der Waals surface area contributed by atoms with Crippen LogP contribution >= 0.6 is 0 Å². The molecule has 1 aliphatic carbocycles. The average Bonchev–Trinajstić information content (AvgIpc) is 3.17. The van der Waals surface area contributed by atoms with Crippen molar-refractivity contribution in [2.75, 3.05) is 0 Å². The van der Waals surface area contributed by atoms with E-state index in [0.717, 1.165) is 56.6 Å². The number of aromatic nitrogens is 5. The molecule has 0 aliphatic heterocycles. The lowest BCUT2D eigenvalue weighted by atomic mass is 10.0. The summed E-state index contributed by atoms with van der Waals surface area (Å²) in [5.74, 6) is 3.44. The van der Waals surface area contributed by atoms with Crippen molar-refractivity contribution in [2.45, 2.75) is 46.5 Å². The summed E-state index contributed by atoms with van der Waals surface area (Å²) in [6.07, 6.45) is 4.34. The fourth-order valence-electron chi connectivity index (χ4n) is 3.80. The van der Waals surface area contributed by atoms with Gasteiger partial charge in [0.1, 0.15) is 22.9 Å². The average molecular weight is 347 g/mol. The zero-order chi connectivity index (χ0) is 18.0. The molecule has 132 valence electrons. The smallest absolute Gasteiger partial charge is 0.141 e. The first-order chi connectivity index (χ1) is 12.5. The van der Waals surface area contributed by atoms with Crippen LogP contribution in [-0.4, -0.2) is 24.7 Å².